The molecule has 0 unspecified atom stereocenters. The number of halogens is 3. The highest BCUT2D eigenvalue weighted by molar-refractivity contribution is 6.00. The van der Waals surface area contributed by atoms with Gasteiger partial charge in [0.2, 0.25) is 5.91 Å². The second-order valence-corrected chi connectivity index (χ2v) is 7.57. The molecule has 3 rings (SSSR count). The predicted molar refractivity (Wildman–Crippen MR) is 110 cm³/mol. The Morgan fingerprint density at radius 3 is 2.47 bits per heavy atom. The van der Waals surface area contributed by atoms with Crippen LogP contribution < -0.4 is 10.1 Å². The molecule has 32 heavy (non-hydrogen) atoms. The van der Waals surface area contributed by atoms with Crippen molar-refractivity contribution in [2.75, 3.05) is 32.2 Å². The summed E-state index contributed by atoms with van der Waals surface area (Å²) in [7, 11) is 1.26. The van der Waals surface area contributed by atoms with Crippen LogP contribution in [0.3, 0.4) is 0 Å². The van der Waals surface area contributed by atoms with Crippen LogP contribution in [0.2, 0.25) is 0 Å². The Kier molecular flexibility index (Phi) is 7.08. The van der Waals surface area contributed by atoms with Gasteiger partial charge in [-0.2, -0.15) is 13.2 Å². The molecular formula is C23H24F3NO5. The van der Waals surface area contributed by atoms with Crippen molar-refractivity contribution in [3.05, 3.63) is 59.2 Å². The van der Waals surface area contributed by atoms with Crippen LogP contribution >= 0.6 is 0 Å². The first-order chi connectivity index (χ1) is 15.2. The first kappa shape index (κ1) is 23.6. The van der Waals surface area contributed by atoms with Crippen molar-refractivity contribution in [1.82, 2.24) is 0 Å². The maximum Gasteiger partial charge on any atom is 0.416 e. The summed E-state index contributed by atoms with van der Waals surface area (Å²) in [5.74, 6) is -0.501. The van der Waals surface area contributed by atoms with E-state index in [4.69, 9.17) is 9.47 Å². The summed E-state index contributed by atoms with van der Waals surface area (Å²) in [6.07, 6.45) is -3.98. The number of hydrogen-bond donors (Lipinski definition) is 1. The number of carbonyl (C=O) groups excluding carboxylic acids is 2. The van der Waals surface area contributed by atoms with Crippen molar-refractivity contribution < 1.29 is 37.0 Å². The molecule has 0 atom stereocenters. The molecule has 1 N–H and O–H groups in total. The molecule has 1 aliphatic rings. The van der Waals surface area contributed by atoms with Crippen molar-refractivity contribution in [2.45, 2.75) is 31.4 Å². The van der Waals surface area contributed by atoms with E-state index >= 15 is 0 Å². The lowest BCUT2D eigenvalue weighted by molar-refractivity contribution is -0.143. The Labute approximate surface area is 183 Å². The molecule has 2 aromatic rings. The normalized spacial score (nSPS) is 15.7. The number of ether oxygens (including phenoxy) is 3. The van der Waals surface area contributed by atoms with Crippen LogP contribution in [0.1, 0.15) is 29.5 Å². The number of amides is 1. The Morgan fingerprint density at radius 1 is 1.12 bits per heavy atom. The zero-order valence-electron chi connectivity index (χ0n) is 17.8. The van der Waals surface area contributed by atoms with Crippen LogP contribution in [-0.2, 0) is 30.7 Å². The van der Waals surface area contributed by atoms with E-state index in [-0.39, 0.29) is 32.7 Å². The molecule has 0 aromatic heterocycles. The molecule has 0 aliphatic carbocycles. The van der Waals surface area contributed by atoms with E-state index in [1.54, 1.807) is 31.2 Å². The third kappa shape index (κ3) is 5.21. The van der Waals surface area contributed by atoms with Crippen molar-refractivity contribution in [3.63, 3.8) is 0 Å². The standard InChI is InChI=1S/C23H24F3NO5/c1-15-12-18(32-14-20(28)30-2)6-7-19(15)27-21(29)22(8-10-31-11-9-22)16-4-3-5-17(13-16)23(24,25)26/h3-7,12-13H,8-11,14H2,1-2H3,(H,27,29). The zero-order valence-corrected chi connectivity index (χ0v) is 17.8. The maximum atomic E-state index is 13.4. The summed E-state index contributed by atoms with van der Waals surface area (Å²) in [6, 6.07) is 9.77. The van der Waals surface area contributed by atoms with Crippen LogP contribution in [0, 0.1) is 6.92 Å². The first-order valence-corrected chi connectivity index (χ1v) is 10.0. The molecule has 1 saturated heterocycles. The van der Waals surface area contributed by atoms with E-state index in [0.717, 1.165) is 12.1 Å². The fraction of sp³-hybridized carbons (Fsp3) is 0.391. The molecular weight excluding hydrogens is 427 g/mol. The van der Waals surface area contributed by atoms with Crippen LogP contribution in [-0.4, -0.2) is 38.8 Å². The third-order valence-corrected chi connectivity index (χ3v) is 5.55. The minimum Gasteiger partial charge on any atom is -0.482 e. The number of aryl methyl sites for hydroxylation is 1. The van der Waals surface area contributed by atoms with Gasteiger partial charge in [-0.05, 0) is 55.2 Å². The number of rotatable bonds is 6. The summed E-state index contributed by atoms with van der Waals surface area (Å²) in [4.78, 5) is 24.6. The number of anilines is 1. The van der Waals surface area contributed by atoms with Crippen LogP contribution in [0.15, 0.2) is 42.5 Å². The molecule has 0 saturated carbocycles. The minimum atomic E-state index is -4.50. The Bertz CT molecular complexity index is 984. The van der Waals surface area contributed by atoms with Gasteiger partial charge in [0.15, 0.2) is 6.61 Å². The van der Waals surface area contributed by atoms with E-state index < -0.39 is 29.0 Å². The smallest absolute Gasteiger partial charge is 0.416 e. The van der Waals surface area contributed by atoms with E-state index in [9.17, 15) is 22.8 Å². The average Bonchev–Trinajstić information content (AvgIpc) is 2.79. The Hall–Kier alpha value is -3.07. The summed E-state index contributed by atoms with van der Waals surface area (Å²) in [5, 5.41) is 2.86. The highest BCUT2D eigenvalue weighted by atomic mass is 19.4. The Balaban J connectivity index is 1.85. The fourth-order valence-corrected chi connectivity index (χ4v) is 3.67. The minimum absolute atomic E-state index is 0.250. The number of benzene rings is 2. The lowest BCUT2D eigenvalue weighted by Gasteiger charge is -2.36. The Morgan fingerprint density at radius 2 is 1.84 bits per heavy atom. The molecule has 9 heteroatoms. The van der Waals surface area contributed by atoms with E-state index in [1.807, 2.05) is 0 Å². The second kappa shape index (κ2) is 9.60. The molecule has 2 aromatic carbocycles. The largest absolute Gasteiger partial charge is 0.482 e. The van der Waals surface area contributed by atoms with Gasteiger partial charge in [0.1, 0.15) is 5.75 Å². The van der Waals surface area contributed by atoms with Gasteiger partial charge in [-0.25, -0.2) is 4.79 Å². The quantitative estimate of drug-likeness (QED) is 0.665. The van der Waals surface area contributed by atoms with E-state index in [1.165, 1.54) is 13.2 Å². The van der Waals surface area contributed by atoms with Gasteiger partial charge in [-0.15, -0.1) is 0 Å². The van der Waals surface area contributed by atoms with Gasteiger partial charge < -0.3 is 19.5 Å². The number of hydrogen-bond acceptors (Lipinski definition) is 5. The molecule has 0 radical (unpaired) electrons. The number of nitrogens with one attached hydrogen (secondary N) is 1. The van der Waals surface area contributed by atoms with Gasteiger partial charge in [0.05, 0.1) is 18.1 Å². The second-order valence-electron chi connectivity index (χ2n) is 7.57. The first-order valence-electron chi connectivity index (χ1n) is 10.0. The van der Waals surface area contributed by atoms with Crippen molar-refractivity contribution in [2.24, 2.45) is 0 Å². The molecule has 0 bridgehead atoms. The lowest BCUT2D eigenvalue weighted by Crippen LogP contribution is -2.45. The van der Waals surface area contributed by atoms with Gasteiger partial charge in [0.25, 0.3) is 0 Å². The average molecular weight is 451 g/mol. The predicted octanol–water partition coefficient (Wildman–Crippen LogP) is 4.25. The van der Waals surface area contributed by atoms with Gasteiger partial charge in [0, 0.05) is 18.9 Å². The van der Waals surface area contributed by atoms with Crippen LogP contribution in [0.4, 0.5) is 18.9 Å². The molecule has 1 amide bonds. The number of esters is 1. The monoisotopic (exact) mass is 451 g/mol. The highest BCUT2D eigenvalue weighted by Crippen LogP contribution is 2.39. The highest BCUT2D eigenvalue weighted by Gasteiger charge is 2.43. The van der Waals surface area contributed by atoms with E-state index in [0.29, 0.717) is 22.6 Å². The van der Waals surface area contributed by atoms with Crippen molar-refractivity contribution in [1.29, 1.82) is 0 Å². The fourth-order valence-electron chi connectivity index (χ4n) is 3.67. The number of carbonyl (C=O) groups is 2. The summed E-state index contributed by atoms with van der Waals surface area (Å²) < 4.78 is 55.1. The third-order valence-electron chi connectivity index (χ3n) is 5.55. The van der Waals surface area contributed by atoms with Crippen molar-refractivity contribution in [3.8, 4) is 5.75 Å². The molecule has 1 aliphatic heterocycles. The summed E-state index contributed by atoms with van der Waals surface area (Å²) in [6.45, 7) is 2.04. The van der Waals surface area contributed by atoms with Gasteiger partial charge in [-0.3, -0.25) is 4.79 Å². The molecule has 172 valence electrons. The van der Waals surface area contributed by atoms with Gasteiger partial charge >= 0.3 is 12.1 Å². The maximum absolute atomic E-state index is 13.4. The van der Waals surface area contributed by atoms with Crippen molar-refractivity contribution >= 4 is 17.6 Å². The van der Waals surface area contributed by atoms with E-state index in [2.05, 4.69) is 10.1 Å². The van der Waals surface area contributed by atoms with Gasteiger partial charge in [-0.1, -0.05) is 18.2 Å². The summed E-state index contributed by atoms with van der Waals surface area (Å²) >= 11 is 0. The molecule has 0 spiro atoms. The number of alkyl halides is 3. The molecule has 1 heterocycles. The molecule has 1 fully saturated rings. The topological polar surface area (TPSA) is 73.9 Å². The molecule has 6 nitrogen and oxygen atoms in total. The lowest BCUT2D eigenvalue weighted by atomic mass is 9.73. The van der Waals surface area contributed by atoms with Crippen LogP contribution in [0.5, 0.6) is 5.75 Å². The SMILES string of the molecule is COC(=O)COc1ccc(NC(=O)C2(c3cccc(C(F)(F)F)c3)CCOCC2)c(C)c1. The number of methoxy groups -OCH3 is 1. The van der Waals surface area contributed by atoms with Crippen LogP contribution in [0.25, 0.3) is 0 Å². The zero-order chi connectivity index (χ0) is 23.4. The summed E-state index contributed by atoms with van der Waals surface area (Å²) in [5.41, 5.74) is -0.461.